The molecular formula is C17H19N3O2. The van der Waals surface area contributed by atoms with Gasteiger partial charge in [-0.25, -0.2) is 4.79 Å². The summed E-state index contributed by atoms with van der Waals surface area (Å²) in [5.41, 5.74) is 6.83. The van der Waals surface area contributed by atoms with Crippen LogP contribution in [-0.4, -0.2) is 21.3 Å². The fourth-order valence-corrected chi connectivity index (χ4v) is 3.25. The predicted octanol–water partition coefficient (Wildman–Crippen LogP) is 1.65. The molecule has 114 valence electrons. The lowest BCUT2D eigenvalue weighted by Gasteiger charge is -2.27. The first-order valence-electron chi connectivity index (χ1n) is 7.26. The zero-order valence-corrected chi connectivity index (χ0v) is 12.4. The number of anilines is 1. The molecule has 1 aromatic carbocycles. The number of aliphatic hydroxyl groups excluding tert-OH is 1. The third-order valence-corrected chi connectivity index (χ3v) is 4.41. The van der Waals surface area contributed by atoms with Crippen LogP contribution in [0.15, 0.2) is 59.0 Å². The quantitative estimate of drug-likeness (QED) is 0.844. The van der Waals surface area contributed by atoms with Gasteiger partial charge in [0, 0.05) is 11.6 Å². The molecule has 0 aliphatic heterocycles. The summed E-state index contributed by atoms with van der Waals surface area (Å²) in [7, 11) is 0. The van der Waals surface area contributed by atoms with Gasteiger partial charge in [0.25, 0.3) is 0 Å². The van der Waals surface area contributed by atoms with Gasteiger partial charge in [0.2, 0.25) is 0 Å². The van der Waals surface area contributed by atoms with Crippen LogP contribution in [0.4, 0.5) is 5.82 Å². The van der Waals surface area contributed by atoms with E-state index in [1.807, 2.05) is 37.3 Å². The fourth-order valence-electron chi connectivity index (χ4n) is 3.25. The Bertz CT molecular complexity index is 767. The summed E-state index contributed by atoms with van der Waals surface area (Å²) in [6.45, 7) is 1.98. The SMILES string of the molecule is CC1=C[C@](CO)(c2ccccc2)C[C@H]1n1ccc(N)nc1=O. The van der Waals surface area contributed by atoms with Gasteiger partial charge < -0.3 is 10.8 Å². The molecular weight excluding hydrogens is 278 g/mol. The molecule has 0 unspecified atom stereocenters. The molecule has 2 atom stereocenters. The number of nitrogens with two attached hydrogens (primary N) is 1. The molecule has 5 heteroatoms. The van der Waals surface area contributed by atoms with Crippen molar-refractivity contribution in [2.45, 2.75) is 24.8 Å². The van der Waals surface area contributed by atoms with Gasteiger partial charge in [-0.2, -0.15) is 4.98 Å². The zero-order chi connectivity index (χ0) is 15.7. The van der Waals surface area contributed by atoms with Crippen molar-refractivity contribution in [1.82, 2.24) is 9.55 Å². The highest BCUT2D eigenvalue weighted by Gasteiger charge is 2.39. The summed E-state index contributed by atoms with van der Waals surface area (Å²) in [5, 5.41) is 10.00. The Hall–Kier alpha value is -2.40. The summed E-state index contributed by atoms with van der Waals surface area (Å²) in [5.74, 6) is 0.220. The Labute approximate surface area is 128 Å². The minimum absolute atomic E-state index is 0.00199. The first kappa shape index (κ1) is 14.5. The van der Waals surface area contributed by atoms with Crippen LogP contribution in [0.2, 0.25) is 0 Å². The van der Waals surface area contributed by atoms with Gasteiger partial charge in [-0.1, -0.05) is 42.0 Å². The van der Waals surface area contributed by atoms with Gasteiger partial charge in [-0.3, -0.25) is 4.57 Å². The Morgan fingerprint density at radius 3 is 2.73 bits per heavy atom. The molecule has 3 N–H and O–H groups in total. The van der Waals surface area contributed by atoms with Crippen molar-refractivity contribution in [3.8, 4) is 0 Å². The summed E-state index contributed by atoms with van der Waals surface area (Å²) >= 11 is 0. The number of nitrogen functional groups attached to an aromatic ring is 1. The largest absolute Gasteiger partial charge is 0.395 e. The van der Waals surface area contributed by atoms with Crippen molar-refractivity contribution in [3.63, 3.8) is 0 Å². The smallest absolute Gasteiger partial charge is 0.350 e. The average Bonchev–Trinajstić information content (AvgIpc) is 2.86. The van der Waals surface area contributed by atoms with E-state index in [0.29, 0.717) is 6.42 Å². The van der Waals surface area contributed by atoms with Crippen LogP contribution >= 0.6 is 0 Å². The van der Waals surface area contributed by atoms with Crippen LogP contribution in [0.25, 0.3) is 0 Å². The normalized spacial score (nSPS) is 24.3. The van der Waals surface area contributed by atoms with Crippen molar-refractivity contribution in [1.29, 1.82) is 0 Å². The number of hydrogen-bond donors (Lipinski definition) is 2. The Balaban J connectivity index is 2.02. The molecule has 0 bridgehead atoms. The molecule has 1 heterocycles. The Kier molecular flexibility index (Phi) is 3.58. The van der Waals surface area contributed by atoms with Gasteiger partial charge in [-0.15, -0.1) is 0 Å². The molecule has 0 radical (unpaired) electrons. The van der Waals surface area contributed by atoms with Crippen molar-refractivity contribution in [3.05, 3.63) is 70.3 Å². The van der Waals surface area contributed by atoms with E-state index < -0.39 is 5.41 Å². The number of nitrogens with zero attached hydrogens (tertiary/aromatic N) is 2. The van der Waals surface area contributed by atoms with E-state index in [0.717, 1.165) is 11.1 Å². The van der Waals surface area contributed by atoms with E-state index in [2.05, 4.69) is 11.1 Å². The third kappa shape index (κ3) is 2.33. The molecule has 1 aliphatic rings. The van der Waals surface area contributed by atoms with E-state index in [4.69, 9.17) is 5.73 Å². The van der Waals surface area contributed by atoms with Gasteiger partial charge >= 0.3 is 5.69 Å². The Morgan fingerprint density at radius 1 is 1.36 bits per heavy atom. The van der Waals surface area contributed by atoms with Crippen molar-refractivity contribution < 1.29 is 5.11 Å². The van der Waals surface area contributed by atoms with E-state index >= 15 is 0 Å². The molecule has 3 rings (SSSR count). The molecule has 0 spiro atoms. The maximum atomic E-state index is 12.1. The lowest BCUT2D eigenvalue weighted by molar-refractivity contribution is 0.214. The fraction of sp³-hybridized carbons (Fsp3) is 0.294. The van der Waals surface area contributed by atoms with Crippen LogP contribution in [0.1, 0.15) is 24.9 Å². The highest BCUT2D eigenvalue weighted by Crippen LogP contribution is 2.44. The van der Waals surface area contributed by atoms with E-state index in [9.17, 15) is 9.90 Å². The molecule has 2 aromatic rings. The minimum Gasteiger partial charge on any atom is -0.395 e. The molecule has 22 heavy (non-hydrogen) atoms. The standard InChI is InChI=1S/C17H19N3O2/c1-12-9-17(11-21,13-5-3-2-4-6-13)10-14(12)20-8-7-15(18)19-16(20)22/h2-9,14,21H,10-11H2,1H3,(H2,18,19,22)/t14-,17+/m1/s1. The van der Waals surface area contributed by atoms with Gasteiger partial charge in [-0.05, 0) is 25.0 Å². The number of hydrogen-bond acceptors (Lipinski definition) is 4. The summed E-state index contributed by atoms with van der Waals surface area (Å²) in [4.78, 5) is 15.9. The van der Waals surface area contributed by atoms with Crippen LogP contribution < -0.4 is 11.4 Å². The Morgan fingerprint density at radius 2 is 2.09 bits per heavy atom. The number of rotatable bonds is 3. The third-order valence-electron chi connectivity index (χ3n) is 4.41. The zero-order valence-electron chi connectivity index (χ0n) is 12.4. The van der Waals surface area contributed by atoms with Crippen molar-refractivity contribution in [2.24, 2.45) is 0 Å². The summed E-state index contributed by atoms with van der Waals surface area (Å²) in [6.07, 6.45) is 4.37. The van der Waals surface area contributed by atoms with E-state index in [1.54, 1.807) is 16.8 Å². The van der Waals surface area contributed by atoms with E-state index in [1.165, 1.54) is 0 Å². The second-order valence-electron chi connectivity index (χ2n) is 5.83. The van der Waals surface area contributed by atoms with Crippen LogP contribution in [-0.2, 0) is 5.41 Å². The maximum Gasteiger partial charge on any atom is 0.350 e. The molecule has 5 nitrogen and oxygen atoms in total. The monoisotopic (exact) mass is 297 g/mol. The highest BCUT2D eigenvalue weighted by molar-refractivity contribution is 5.38. The van der Waals surface area contributed by atoms with Gasteiger partial charge in [0.15, 0.2) is 0 Å². The van der Waals surface area contributed by atoms with E-state index in [-0.39, 0.29) is 24.2 Å². The van der Waals surface area contributed by atoms with Gasteiger partial charge in [0.1, 0.15) is 5.82 Å². The molecule has 0 amide bonds. The first-order valence-corrected chi connectivity index (χ1v) is 7.26. The topological polar surface area (TPSA) is 81.1 Å². The summed E-state index contributed by atoms with van der Waals surface area (Å²) < 4.78 is 1.59. The number of allylic oxidation sites excluding steroid dienone is 1. The van der Waals surface area contributed by atoms with Crippen LogP contribution in [0.5, 0.6) is 0 Å². The molecule has 0 saturated carbocycles. The lowest BCUT2D eigenvalue weighted by atomic mass is 9.80. The number of benzene rings is 1. The predicted molar refractivity (Wildman–Crippen MR) is 85.5 cm³/mol. The number of aliphatic hydroxyl groups is 1. The van der Waals surface area contributed by atoms with Crippen LogP contribution in [0.3, 0.4) is 0 Å². The van der Waals surface area contributed by atoms with Gasteiger partial charge in [0.05, 0.1) is 12.6 Å². The molecule has 1 aromatic heterocycles. The minimum atomic E-state index is -0.461. The first-order chi connectivity index (χ1) is 10.6. The lowest BCUT2D eigenvalue weighted by Crippen LogP contribution is -2.31. The molecule has 1 aliphatic carbocycles. The number of aromatic nitrogens is 2. The average molecular weight is 297 g/mol. The second kappa shape index (κ2) is 5.42. The van der Waals surface area contributed by atoms with Crippen molar-refractivity contribution >= 4 is 5.82 Å². The summed E-state index contributed by atoms with van der Waals surface area (Å²) in [6, 6.07) is 11.4. The molecule has 0 fully saturated rings. The van der Waals surface area contributed by atoms with Crippen molar-refractivity contribution in [2.75, 3.05) is 12.3 Å². The second-order valence-corrected chi connectivity index (χ2v) is 5.83. The highest BCUT2D eigenvalue weighted by atomic mass is 16.3. The maximum absolute atomic E-state index is 12.1. The van der Waals surface area contributed by atoms with Crippen LogP contribution in [0, 0.1) is 0 Å². The molecule has 0 saturated heterocycles.